The second kappa shape index (κ2) is 4.78. The van der Waals surface area contributed by atoms with Crippen LogP contribution in [-0.4, -0.2) is 0 Å². The molecule has 0 amide bonds. The van der Waals surface area contributed by atoms with Crippen LogP contribution in [0.25, 0.3) is 0 Å². The van der Waals surface area contributed by atoms with Gasteiger partial charge in [-0.1, -0.05) is 18.2 Å². The number of para-hydroxylation sites is 1. The molecule has 2 aromatic rings. The highest BCUT2D eigenvalue weighted by molar-refractivity contribution is 5.56. The van der Waals surface area contributed by atoms with E-state index in [0.29, 0.717) is 11.4 Å². The van der Waals surface area contributed by atoms with Gasteiger partial charge in [0.05, 0.1) is 0 Å². The van der Waals surface area contributed by atoms with Crippen molar-refractivity contribution in [1.29, 1.82) is 0 Å². The van der Waals surface area contributed by atoms with Crippen LogP contribution in [0.4, 0.5) is 11.4 Å². The number of benzene rings is 2. The van der Waals surface area contributed by atoms with Crippen molar-refractivity contribution >= 4 is 11.4 Å². The van der Waals surface area contributed by atoms with Crippen molar-refractivity contribution in [2.24, 2.45) is 0 Å². The van der Waals surface area contributed by atoms with Crippen LogP contribution in [-0.2, 0) is 0 Å². The number of anilines is 2. The Labute approximate surface area is 101 Å². The van der Waals surface area contributed by atoms with Crippen LogP contribution in [0.5, 0.6) is 5.75 Å². The first kappa shape index (κ1) is 11.3. The number of rotatable bonds is 3. The summed E-state index contributed by atoms with van der Waals surface area (Å²) >= 11 is 0. The molecule has 2 aromatic carbocycles. The predicted octanol–water partition coefficient (Wildman–Crippen LogP) is 2.99. The second-order valence-electron chi connectivity index (χ2n) is 3.96. The van der Waals surface area contributed by atoms with E-state index in [2.05, 4.69) is 0 Å². The first-order chi connectivity index (χ1) is 8.16. The molecular formula is C14H16N2O. The van der Waals surface area contributed by atoms with Crippen molar-refractivity contribution < 1.29 is 4.74 Å². The minimum absolute atomic E-state index is 0.124. The summed E-state index contributed by atoms with van der Waals surface area (Å²) < 4.78 is 5.80. The van der Waals surface area contributed by atoms with Crippen LogP contribution >= 0.6 is 0 Å². The fourth-order valence-electron chi connectivity index (χ4n) is 1.71. The Morgan fingerprint density at radius 1 is 1.00 bits per heavy atom. The molecule has 0 saturated carbocycles. The first-order valence-corrected chi connectivity index (χ1v) is 5.53. The van der Waals surface area contributed by atoms with Gasteiger partial charge in [-0.05, 0) is 37.3 Å². The highest BCUT2D eigenvalue weighted by atomic mass is 16.5. The van der Waals surface area contributed by atoms with Crippen LogP contribution in [0, 0.1) is 0 Å². The van der Waals surface area contributed by atoms with E-state index in [4.69, 9.17) is 16.2 Å². The molecule has 0 fully saturated rings. The molecule has 0 spiro atoms. The fraction of sp³-hybridized carbons (Fsp3) is 0.143. The Morgan fingerprint density at radius 3 is 2.41 bits per heavy atom. The molecule has 17 heavy (non-hydrogen) atoms. The molecule has 0 saturated heterocycles. The molecule has 0 aliphatic heterocycles. The molecule has 0 aromatic heterocycles. The average Bonchev–Trinajstić information content (AvgIpc) is 2.33. The molecule has 0 bridgehead atoms. The molecule has 4 N–H and O–H groups in total. The average molecular weight is 228 g/mol. The zero-order chi connectivity index (χ0) is 12.3. The van der Waals surface area contributed by atoms with Gasteiger partial charge >= 0.3 is 0 Å². The van der Waals surface area contributed by atoms with E-state index in [0.717, 1.165) is 11.3 Å². The standard InChI is InChI=1S/C14H16N2O/c1-10(17-12-5-3-2-4-6-12)13-9-11(15)7-8-14(13)16/h2-10H,15-16H2,1H3. The number of hydrogen-bond donors (Lipinski definition) is 2. The zero-order valence-electron chi connectivity index (χ0n) is 9.76. The first-order valence-electron chi connectivity index (χ1n) is 5.53. The molecule has 3 nitrogen and oxygen atoms in total. The molecule has 0 heterocycles. The maximum Gasteiger partial charge on any atom is 0.123 e. The lowest BCUT2D eigenvalue weighted by atomic mass is 10.1. The number of nitrogens with two attached hydrogens (primary N) is 2. The molecule has 1 unspecified atom stereocenters. The molecule has 1 atom stereocenters. The largest absolute Gasteiger partial charge is 0.486 e. The summed E-state index contributed by atoms with van der Waals surface area (Å²) in [5.74, 6) is 0.821. The summed E-state index contributed by atoms with van der Waals surface area (Å²) in [5, 5.41) is 0. The van der Waals surface area contributed by atoms with Crippen molar-refractivity contribution in [1.82, 2.24) is 0 Å². The molecule has 3 heteroatoms. The quantitative estimate of drug-likeness (QED) is 0.794. The summed E-state index contributed by atoms with van der Waals surface area (Å²) in [6.07, 6.45) is -0.124. The summed E-state index contributed by atoms with van der Waals surface area (Å²) in [6.45, 7) is 1.96. The molecule has 0 aliphatic rings. The lowest BCUT2D eigenvalue weighted by molar-refractivity contribution is 0.228. The number of hydrogen-bond acceptors (Lipinski definition) is 3. The van der Waals surface area contributed by atoms with Gasteiger partial charge in [0.2, 0.25) is 0 Å². The third kappa shape index (κ3) is 2.69. The van der Waals surface area contributed by atoms with Gasteiger partial charge in [0, 0.05) is 16.9 Å². The van der Waals surface area contributed by atoms with Crippen LogP contribution in [0.1, 0.15) is 18.6 Å². The molecule has 0 aliphatic carbocycles. The Hall–Kier alpha value is -2.16. The van der Waals surface area contributed by atoms with Crippen molar-refractivity contribution in [2.75, 3.05) is 11.5 Å². The monoisotopic (exact) mass is 228 g/mol. The van der Waals surface area contributed by atoms with Gasteiger partial charge < -0.3 is 16.2 Å². The minimum atomic E-state index is -0.124. The molecule has 88 valence electrons. The highest BCUT2D eigenvalue weighted by Crippen LogP contribution is 2.27. The minimum Gasteiger partial charge on any atom is -0.486 e. The Bertz CT molecular complexity index is 497. The maximum atomic E-state index is 5.91. The van der Waals surface area contributed by atoms with Crippen molar-refractivity contribution in [2.45, 2.75) is 13.0 Å². The van der Waals surface area contributed by atoms with Crippen LogP contribution < -0.4 is 16.2 Å². The van der Waals surface area contributed by atoms with Crippen molar-refractivity contribution in [3.05, 3.63) is 54.1 Å². The van der Waals surface area contributed by atoms with Crippen molar-refractivity contribution in [3.8, 4) is 5.75 Å². The van der Waals surface area contributed by atoms with Gasteiger partial charge in [-0.3, -0.25) is 0 Å². The third-order valence-electron chi connectivity index (χ3n) is 2.60. The summed E-state index contributed by atoms with van der Waals surface area (Å²) in [6, 6.07) is 15.1. The Morgan fingerprint density at radius 2 is 1.71 bits per heavy atom. The van der Waals surface area contributed by atoms with Gasteiger partial charge in [0.25, 0.3) is 0 Å². The Kier molecular flexibility index (Phi) is 3.19. The van der Waals surface area contributed by atoms with Crippen molar-refractivity contribution in [3.63, 3.8) is 0 Å². The maximum absolute atomic E-state index is 5.91. The summed E-state index contributed by atoms with van der Waals surface area (Å²) in [5.41, 5.74) is 14.0. The van der Waals surface area contributed by atoms with E-state index >= 15 is 0 Å². The van der Waals surface area contributed by atoms with E-state index in [1.54, 1.807) is 12.1 Å². The van der Waals surface area contributed by atoms with E-state index in [-0.39, 0.29) is 6.10 Å². The van der Waals surface area contributed by atoms with E-state index in [9.17, 15) is 0 Å². The van der Waals surface area contributed by atoms with Gasteiger partial charge in [-0.25, -0.2) is 0 Å². The summed E-state index contributed by atoms with van der Waals surface area (Å²) in [4.78, 5) is 0. The van der Waals surface area contributed by atoms with Gasteiger partial charge in [0.15, 0.2) is 0 Å². The molecule has 0 radical (unpaired) electrons. The molecule has 2 rings (SSSR count). The predicted molar refractivity (Wildman–Crippen MR) is 70.8 cm³/mol. The van der Waals surface area contributed by atoms with Gasteiger partial charge in [-0.15, -0.1) is 0 Å². The van der Waals surface area contributed by atoms with Gasteiger partial charge in [-0.2, -0.15) is 0 Å². The fourth-order valence-corrected chi connectivity index (χ4v) is 1.71. The van der Waals surface area contributed by atoms with E-state index in [1.807, 2.05) is 43.3 Å². The number of ether oxygens (including phenoxy) is 1. The molecular weight excluding hydrogens is 212 g/mol. The van der Waals surface area contributed by atoms with E-state index < -0.39 is 0 Å². The van der Waals surface area contributed by atoms with E-state index in [1.165, 1.54) is 0 Å². The zero-order valence-corrected chi connectivity index (χ0v) is 9.76. The smallest absolute Gasteiger partial charge is 0.123 e. The normalized spacial score (nSPS) is 12.1. The lowest BCUT2D eigenvalue weighted by Crippen LogP contribution is -2.07. The van der Waals surface area contributed by atoms with Crippen LogP contribution in [0.2, 0.25) is 0 Å². The van der Waals surface area contributed by atoms with Crippen LogP contribution in [0.3, 0.4) is 0 Å². The van der Waals surface area contributed by atoms with Gasteiger partial charge in [0.1, 0.15) is 11.9 Å². The SMILES string of the molecule is CC(Oc1ccccc1)c1cc(N)ccc1N. The van der Waals surface area contributed by atoms with Crippen LogP contribution in [0.15, 0.2) is 48.5 Å². The topological polar surface area (TPSA) is 61.3 Å². The second-order valence-corrected chi connectivity index (χ2v) is 3.96. The number of nitrogen functional groups attached to an aromatic ring is 2. The third-order valence-corrected chi connectivity index (χ3v) is 2.60. The summed E-state index contributed by atoms with van der Waals surface area (Å²) in [7, 11) is 0. The highest BCUT2D eigenvalue weighted by Gasteiger charge is 2.10. The lowest BCUT2D eigenvalue weighted by Gasteiger charge is -2.17. The Balaban J connectivity index is 2.20.